The Labute approximate surface area is 477 Å². The second-order valence-corrected chi connectivity index (χ2v) is 18.6. The number of nitrogens with zero attached hydrogens (tertiary/aromatic N) is 18. The van der Waals surface area contributed by atoms with Gasteiger partial charge < -0.3 is 61.3 Å². The van der Waals surface area contributed by atoms with Crippen LogP contribution in [0.15, 0.2) is 36.4 Å². The molecule has 6 aromatic heterocycles. The quantitative estimate of drug-likeness (QED) is 0.0624. The normalized spacial score (nSPS) is 10.4. The smallest absolute Gasteiger partial charge is 0.356 e. The monoisotopic (exact) mass is 1270 g/mol. The molecule has 0 saturated heterocycles. The molecule has 0 aliphatic rings. The van der Waals surface area contributed by atoms with Gasteiger partial charge in [0, 0.05) is 0 Å². The third-order valence-electron chi connectivity index (χ3n) is 9.75. The Morgan fingerprint density at radius 3 is 0.538 bits per heavy atom. The van der Waals surface area contributed by atoms with Crippen molar-refractivity contribution in [3.8, 4) is 46.1 Å². The van der Waals surface area contributed by atoms with Crippen LogP contribution in [0.1, 0.15) is 204 Å². The van der Waals surface area contributed by atoms with Crippen LogP contribution in [0, 0.1) is 61.3 Å². The van der Waals surface area contributed by atoms with Crippen molar-refractivity contribution in [1.29, 1.82) is 0 Å². The Morgan fingerprint density at radius 1 is 0.269 bits per heavy atom. The molecule has 0 amide bonds. The van der Waals surface area contributed by atoms with Crippen LogP contribution in [0.25, 0.3) is 46.1 Å². The Balaban J connectivity index is 0. The summed E-state index contributed by atoms with van der Waals surface area (Å²) >= 11 is 0. The third-order valence-corrected chi connectivity index (χ3v) is 9.75. The van der Waals surface area contributed by atoms with Crippen molar-refractivity contribution in [2.24, 2.45) is 0 Å². The predicted octanol–water partition coefficient (Wildman–Crippen LogP) is 9.60. The molecule has 0 aliphatic heterocycles. The van der Waals surface area contributed by atoms with Gasteiger partial charge in [-0.1, -0.05) is 123 Å². The maximum Gasteiger partial charge on any atom is 2.00 e. The summed E-state index contributed by atoms with van der Waals surface area (Å²) in [4.78, 5) is 61.6. The van der Waals surface area contributed by atoms with E-state index in [0.717, 1.165) is 45.6 Å². The summed E-state index contributed by atoms with van der Waals surface area (Å²) in [5.41, 5.74) is 10.2. The number of pyridine rings is 2. The minimum atomic E-state index is -1.75. The fourth-order valence-corrected chi connectivity index (χ4v) is 6.53. The van der Waals surface area contributed by atoms with Crippen LogP contribution >= 0.6 is 0 Å². The SMILES string of the molecule is CC(C)c1nnc(-c2cccc(-c3nnc(C(C)C)c(C(C)C)n3)n2)nc1C(C)C.CC(C)c1nnc(-c2cccc(-c3nnc(C(C)C)c(C(C)C)n3)n2)nc1C(C)C.O=[N+]([O-])[O-].O=[N+]([O-])[O-].O=[N+]([O-])[O-].O=[N+]([O-])[O-].[Pd+2].[Pd+2]. The van der Waals surface area contributed by atoms with Gasteiger partial charge in [-0.2, -0.15) is 20.4 Å². The van der Waals surface area contributed by atoms with Crippen molar-refractivity contribution in [2.45, 2.75) is 158 Å². The van der Waals surface area contributed by atoms with Gasteiger partial charge in [-0.15, -0.1) is 20.4 Å². The van der Waals surface area contributed by atoms with Gasteiger partial charge in [-0.3, -0.25) is 0 Å². The number of hydrogen-bond acceptors (Lipinski definition) is 26. The van der Waals surface area contributed by atoms with E-state index >= 15 is 0 Å². The maximum atomic E-state index is 8.25. The molecule has 32 heteroatoms. The summed E-state index contributed by atoms with van der Waals surface area (Å²) in [6, 6.07) is 11.4. The van der Waals surface area contributed by atoms with Gasteiger partial charge in [-0.25, -0.2) is 29.9 Å². The number of aromatic nitrogens is 14. The molecule has 0 saturated carbocycles. The molecular formula is C46H62N18O12Pd2. The second-order valence-electron chi connectivity index (χ2n) is 18.6. The van der Waals surface area contributed by atoms with Crippen molar-refractivity contribution in [2.75, 3.05) is 0 Å². The molecule has 0 atom stereocenters. The largest absolute Gasteiger partial charge is 2.00 e. The first kappa shape index (κ1) is 72.5. The first-order chi connectivity index (χ1) is 35.3. The summed E-state index contributed by atoms with van der Waals surface area (Å²) in [7, 11) is 0. The van der Waals surface area contributed by atoms with Crippen LogP contribution in [0.2, 0.25) is 0 Å². The molecule has 428 valence electrons. The first-order valence-corrected chi connectivity index (χ1v) is 23.5. The molecule has 0 unspecified atom stereocenters. The van der Waals surface area contributed by atoms with Crippen molar-refractivity contribution in [3.63, 3.8) is 0 Å². The second kappa shape index (κ2) is 35.0. The standard InChI is InChI=1S/2C23H31N7.4NO3.2Pd/c2*1-12(2)18-20(14(5)6)27-29-22(25-18)16-10-9-11-17(24-16)23-26-19(13(3)4)21(15(7)8)28-30-23;4*2-1(3)4;;/h2*9-15H,1-8H3;;;;;;/q;;4*-1;2*+2. The Hall–Kier alpha value is -7.54. The predicted molar refractivity (Wildman–Crippen MR) is 278 cm³/mol. The van der Waals surface area contributed by atoms with E-state index in [1.165, 1.54) is 0 Å². The van der Waals surface area contributed by atoms with E-state index in [0.29, 0.717) is 46.1 Å². The van der Waals surface area contributed by atoms with Crippen LogP contribution in [0.4, 0.5) is 0 Å². The topological polar surface area (TPSA) is 445 Å². The van der Waals surface area contributed by atoms with Crippen LogP contribution in [0.5, 0.6) is 0 Å². The molecule has 0 radical (unpaired) electrons. The van der Waals surface area contributed by atoms with Gasteiger partial charge >= 0.3 is 40.8 Å². The molecule has 78 heavy (non-hydrogen) atoms. The van der Waals surface area contributed by atoms with Gasteiger partial charge in [-0.05, 0) is 71.6 Å². The van der Waals surface area contributed by atoms with Gasteiger partial charge in [0.25, 0.3) is 0 Å². The first-order valence-electron chi connectivity index (χ1n) is 23.5. The van der Waals surface area contributed by atoms with Crippen molar-refractivity contribution >= 4 is 0 Å². The average molecular weight is 1270 g/mol. The minimum absolute atomic E-state index is 0. The maximum absolute atomic E-state index is 8.25. The van der Waals surface area contributed by atoms with Crippen molar-refractivity contribution < 1.29 is 61.2 Å². The van der Waals surface area contributed by atoms with Crippen LogP contribution in [-0.4, -0.2) is 91.0 Å². The zero-order valence-electron chi connectivity index (χ0n) is 45.7. The fraction of sp³-hybridized carbons (Fsp3) is 0.522. The summed E-state index contributed by atoms with van der Waals surface area (Å²) in [6.45, 7) is 33.8. The molecule has 0 aromatic carbocycles. The third kappa shape index (κ3) is 24.6. The molecule has 0 aliphatic carbocycles. The molecule has 6 heterocycles. The fourth-order valence-electron chi connectivity index (χ4n) is 6.53. The number of hydrogen-bond donors (Lipinski definition) is 0. The summed E-state index contributed by atoms with van der Waals surface area (Å²) in [6.07, 6.45) is 0. The zero-order valence-corrected chi connectivity index (χ0v) is 48.8. The van der Waals surface area contributed by atoms with E-state index in [9.17, 15) is 0 Å². The minimum Gasteiger partial charge on any atom is -0.356 e. The van der Waals surface area contributed by atoms with E-state index in [2.05, 4.69) is 152 Å². The molecule has 30 nitrogen and oxygen atoms in total. The molecule has 6 rings (SSSR count). The van der Waals surface area contributed by atoms with Gasteiger partial charge in [0.2, 0.25) is 23.3 Å². The molecule has 0 bridgehead atoms. The molecule has 0 N–H and O–H groups in total. The molecule has 0 spiro atoms. The summed E-state index contributed by atoms with van der Waals surface area (Å²) in [5, 5.41) is 94.2. The number of rotatable bonds is 12. The van der Waals surface area contributed by atoms with E-state index < -0.39 is 20.3 Å². The van der Waals surface area contributed by atoms with Gasteiger partial charge in [0.05, 0.1) is 65.9 Å². The van der Waals surface area contributed by atoms with Crippen molar-refractivity contribution in [1.82, 2.24) is 70.7 Å². The van der Waals surface area contributed by atoms with Crippen LogP contribution in [-0.2, 0) is 40.8 Å². The van der Waals surface area contributed by atoms with Gasteiger partial charge in [0.15, 0.2) is 0 Å². The Kier molecular flexibility index (Phi) is 32.5. The van der Waals surface area contributed by atoms with E-state index in [1.807, 2.05) is 36.4 Å². The average Bonchev–Trinajstić information content (AvgIpc) is 3.32. The van der Waals surface area contributed by atoms with Crippen LogP contribution in [0.3, 0.4) is 0 Å². The summed E-state index contributed by atoms with van der Waals surface area (Å²) in [5.74, 6) is 4.15. The molecule has 6 aromatic rings. The Morgan fingerprint density at radius 2 is 0.410 bits per heavy atom. The Bertz CT molecular complexity index is 2480. The molecular weight excluding hydrogens is 1210 g/mol. The zero-order chi connectivity index (χ0) is 58.3. The van der Waals surface area contributed by atoms with E-state index in [4.69, 9.17) is 91.2 Å². The van der Waals surface area contributed by atoms with Crippen molar-refractivity contribution in [3.05, 3.63) is 143 Å². The van der Waals surface area contributed by atoms with E-state index in [-0.39, 0.29) is 88.2 Å². The molecule has 0 fully saturated rings. The van der Waals surface area contributed by atoms with Crippen LogP contribution < -0.4 is 0 Å². The van der Waals surface area contributed by atoms with E-state index in [1.54, 1.807) is 0 Å². The van der Waals surface area contributed by atoms with Gasteiger partial charge in [0.1, 0.15) is 22.8 Å². The summed E-state index contributed by atoms with van der Waals surface area (Å²) < 4.78 is 0.